The summed E-state index contributed by atoms with van der Waals surface area (Å²) >= 11 is 0. The Bertz CT molecular complexity index is 1340. The summed E-state index contributed by atoms with van der Waals surface area (Å²) in [5.74, 6) is 1.18. The third kappa shape index (κ3) is 7.25. The standard InChI is InChI=1S/C31H27F6N3O/c32-30(33,34)25-10-6-23(7-11-25)29(24-8-12-26(13-9-24)31(35,36)37)40-19-17-39(18-20-40)21-22-4-14-27(15-5-22)41-28-3-1-2-16-38-28/h1-16,29H,17-21H2. The molecule has 2 heterocycles. The van der Waals surface area contributed by atoms with Gasteiger partial charge in [-0.05, 0) is 59.2 Å². The predicted molar refractivity (Wildman–Crippen MR) is 142 cm³/mol. The van der Waals surface area contributed by atoms with E-state index in [0.29, 0.717) is 55.5 Å². The predicted octanol–water partition coefficient (Wildman–Crippen LogP) is 7.82. The quantitative estimate of drug-likeness (QED) is 0.212. The van der Waals surface area contributed by atoms with Crippen molar-refractivity contribution in [1.29, 1.82) is 0 Å². The first kappa shape index (κ1) is 28.6. The minimum absolute atomic E-state index is 0.482. The van der Waals surface area contributed by atoms with Gasteiger partial charge in [-0.1, -0.05) is 42.5 Å². The highest BCUT2D eigenvalue weighted by molar-refractivity contribution is 5.37. The Morgan fingerprint density at radius 1 is 0.659 bits per heavy atom. The maximum absolute atomic E-state index is 13.2. The zero-order valence-corrected chi connectivity index (χ0v) is 21.9. The molecule has 0 bridgehead atoms. The van der Waals surface area contributed by atoms with Gasteiger partial charge in [0.05, 0.1) is 17.2 Å². The van der Waals surface area contributed by atoms with Gasteiger partial charge in [0, 0.05) is 45.0 Å². The molecule has 0 unspecified atom stereocenters. The van der Waals surface area contributed by atoms with Gasteiger partial charge in [-0.15, -0.1) is 0 Å². The monoisotopic (exact) mass is 571 g/mol. The Kier molecular flexibility index (Phi) is 8.32. The van der Waals surface area contributed by atoms with E-state index in [1.165, 1.54) is 24.3 Å². The molecule has 10 heteroatoms. The Morgan fingerprint density at radius 3 is 1.66 bits per heavy atom. The van der Waals surface area contributed by atoms with Crippen molar-refractivity contribution in [3.8, 4) is 11.6 Å². The molecule has 0 saturated carbocycles. The van der Waals surface area contributed by atoms with Crippen molar-refractivity contribution in [2.45, 2.75) is 24.9 Å². The minimum Gasteiger partial charge on any atom is -0.439 e. The number of hydrogen-bond donors (Lipinski definition) is 0. The Labute approximate surface area is 233 Å². The van der Waals surface area contributed by atoms with Crippen molar-refractivity contribution in [3.05, 3.63) is 125 Å². The molecule has 4 aromatic rings. The normalized spacial score (nSPS) is 15.3. The Morgan fingerprint density at radius 2 is 1.20 bits per heavy atom. The molecule has 0 N–H and O–H groups in total. The third-order valence-electron chi connectivity index (χ3n) is 7.07. The van der Waals surface area contributed by atoms with Crippen LogP contribution in [-0.2, 0) is 18.9 Å². The van der Waals surface area contributed by atoms with Gasteiger partial charge >= 0.3 is 12.4 Å². The lowest BCUT2D eigenvalue weighted by Crippen LogP contribution is -2.47. The molecule has 1 aliphatic heterocycles. The van der Waals surface area contributed by atoms with Crippen LogP contribution in [0.1, 0.15) is 33.9 Å². The summed E-state index contributed by atoms with van der Waals surface area (Å²) in [7, 11) is 0. The molecule has 1 saturated heterocycles. The van der Waals surface area contributed by atoms with Gasteiger partial charge < -0.3 is 4.74 Å². The van der Waals surface area contributed by atoms with Gasteiger partial charge in [-0.2, -0.15) is 26.3 Å². The molecule has 1 fully saturated rings. The molecule has 1 aromatic heterocycles. The molecule has 0 spiro atoms. The highest BCUT2D eigenvalue weighted by atomic mass is 19.4. The van der Waals surface area contributed by atoms with Gasteiger partial charge in [-0.25, -0.2) is 4.98 Å². The summed E-state index contributed by atoms with van der Waals surface area (Å²) in [6, 6.07) is 22.4. The number of aromatic nitrogens is 1. The van der Waals surface area contributed by atoms with Gasteiger partial charge in [0.2, 0.25) is 5.88 Å². The average Bonchev–Trinajstić information content (AvgIpc) is 2.95. The highest BCUT2D eigenvalue weighted by Crippen LogP contribution is 2.36. The zero-order valence-electron chi connectivity index (χ0n) is 21.9. The Hall–Kier alpha value is -3.89. The maximum Gasteiger partial charge on any atom is 0.416 e. The van der Waals surface area contributed by atoms with E-state index in [1.807, 2.05) is 36.4 Å². The lowest BCUT2D eigenvalue weighted by atomic mass is 9.94. The summed E-state index contributed by atoms with van der Waals surface area (Å²) < 4.78 is 84.7. The van der Waals surface area contributed by atoms with Crippen molar-refractivity contribution in [3.63, 3.8) is 0 Å². The van der Waals surface area contributed by atoms with Crippen LogP contribution in [0.3, 0.4) is 0 Å². The number of ether oxygens (including phenoxy) is 1. The second-order valence-electron chi connectivity index (χ2n) is 9.87. The van der Waals surface area contributed by atoms with Crippen molar-refractivity contribution in [2.24, 2.45) is 0 Å². The molecule has 0 amide bonds. The molecule has 0 radical (unpaired) electrons. The van der Waals surface area contributed by atoms with E-state index in [2.05, 4.69) is 14.8 Å². The lowest BCUT2D eigenvalue weighted by molar-refractivity contribution is -0.138. The van der Waals surface area contributed by atoms with Gasteiger partial charge in [-0.3, -0.25) is 9.80 Å². The molecular weight excluding hydrogens is 544 g/mol. The molecule has 1 aliphatic rings. The van der Waals surface area contributed by atoms with Gasteiger partial charge in [0.25, 0.3) is 0 Å². The average molecular weight is 572 g/mol. The van der Waals surface area contributed by atoms with Crippen LogP contribution in [0.2, 0.25) is 0 Å². The van der Waals surface area contributed by atoms with E-state index in [1.54, 1.807) is 12.3 Å². The van der Waals surface area contributed by atoms with Crippen molar-refractivity contribution in [1.82, 2.24) is 14.8 Å². The van der Waals surface area contributed by atoms with E-state index < -0.39 is 29.5 Å². The summed E-state index contributed by atoms with van der Waals surface area (Å²) in [5.41, 5.74) is 0.737. The van der Waals surface area contributed by atoms with Crippen LogP contribution in [0.5, 0.6) is 11.6 Å². The highest BCUT2D eigenvalue weighted by Gasteiger charge is 2.33. The Balaban J connectivity index is 1.28. The topological polar surface area (TPSA) is 28.6 Å². The SMILES string of the molecule is FC(F)(F)c1ccc(C(c2ccc(C(F)(F)F)cc2)N2CCN(Cc3ccc(Oc4ccccn4)cc3)CC2)cc1. The van der Waals surface area contributed by atoms with Gasteiger partial charge in [0.1, 0.15) is 5.75 Å². The van der Waals surface area contributed by atoms with Crippen LogP contribution >= 0.6 is 0 Å². The first-order chi connectivity index (χ1) is 19.6. The molecular formula is C31H27F6N3O. The lowest BCUT2D eigenvalue weighted by Gasteiger charge is -2.40. The number of alkyl halides is 6. The van der Waals surface area contributed by atoms with E-state index in [4.69, 9.17) is 4.74 Å². The fraction of sp³-hybridized carbons (Fsp3) is 0.258. The first-order valence-corrected chi connectivity index (χ1v) is 13.0. The summed E-state index contributed by atoms with van der Waals surface area (Å²) in [4.78, 5) is 8.52. The summed E-state index contributed by atoms with van der Waals surface area (Å²) in [6.45, 7) is 3.25. The molecule has 41 heavy (non-hydrogen) atoms. The summed E-state index contributed by atoms with van der Waals surface area (Å²) in [6.07, 6.45) is -7.30. The van der Waals surface area contributed by atoms with Crippen LogP contribution < -0.4 is 4.74 Å². The third-order valence-corrected chi connectivity index (χ3v) is 7.07. The van der Waals surface area contributed by atoms with Crippen molar-refractivity contribution in [2.75, 3.05) is 26.2 Å². The molecule has 5 rings (SSSR count). The minimum atomic E-state index is -4.48. The smallest absolute Gasteiger partial charge is 0.416 e. The largest absolute Gasteiger partial charge is 0.439 e. The van der Waals surface area contributed by atoms with Crippen LogP contribution in [-0.4, -0.2) is 41.0 Å². The van der Waals surface area contributed by atoms with E-state index in [0.717, 1.165) is 29.8 Å². The maximum atomic E-state index is 13.2. The number of halogens is 6. The number of hydrogen-bond acceptors (Lipinski definition) is 4. The number of rotatable bonds is 7. The molecule has 4 nitrogen and oxygen atoms in total. The number of nitrogens with zero attached hydrogens (tertiary/aromatic N) is 3. The fourth-order valence-electron chi connectivity index (χ4n) is 4.95. The molecule has 0 aliphatic carbocycles. The molecule has 0 atom stereocenters. The second kappa shape index (κ2) is 11.9. The van der Waals surface area contributed by atoms with E-state index in [-0.39, 0.29) is 0 Å². The van der Waals surface area contributed by atoms with Gasteiger partial charge in [0.15, 0.2) is 0 Å². The zero-order chi connectivity index (χ0) is 29.0. The van der Waals surface area contributed by atoms with E-state index in [9.17, 15) is 26.3 Å². The molecule has 214 valence electrons. The second-order valence-corrected chi connectivity index (χ2v) is 9.87. The number of benzene rings is 3. The van der Waals surface area contributed by atoms with E-state index >= 15 is 0 Å². The summed E-state index contributed by atoms with van der Waals surface area (Å²) in [5, 5.41) is 0. The van der Waals surface area contributed by atoms with Crippen LogP contribution in [0.4, 0.5) is 26.3 Å². The van der Waals surface area contributed by atoms with Crippen molar-refractivity contribution >= 4 is 0 Å². The first-order valence-electron chi connectivity index (χ1n) is 13.0. The number of piperazine rings is 1. The number of pyridine rings is 1. The van der Waals surface area contributed by atoms with Crippen LogP contribution in [0.15, 0.2) is 97.2 Å². The van der Waals surface area contributed by atoms with Crippen LogP contribution in [0.25, 0.3) is 0 Å². The van der Waals surface area contributed by atoms with Crippen LogP contribution in [0, 0.1) is 0 Å². The molecule has 3 aromatic carbocycles. The fourth-order valence-corrected chi connectivity index (χ4v) is 4.95. The van der Waals surface area contributed by atoms with Crippen molar-refractivity contribution < 1.29 is 31.1 Å².